The highest BCUT2D eigenvalue weighted by molar-refractivity contribution is 7.08. The average molecular weight is 364 g/mol. The Bertz CT molecular complexity index is 589. The lowest BCUT2D eigenvalue weighted by molar-refractivity contribution is -0.192. The first-order valence-corrected chi connectivity index (χ1v) is 8.50. The Kier molecular flexibility index (Phi) is 5.54. The quantitative estimate of drug-likeness (QED) is 0.877. The second-order valence-corrected chi connectivity index (χ2v) is 6.63. The lowest BCUT2D eigenvalue weighted by Crippen LogP contribution is -2.61. The van der Waals surface area contributed by atoms with Crippen molar-refractivity contribution in [3.63, 3.8) is 0 Å². The summed E-state index contributed by atoms with van der Waals surface area (Å²) in [6.45, 7) is 6.38. The van der Waals surface area contributed by atoms with Gasteiger partial charge >= 0.3 is 12.1 Å². The van der Waals surface area contributed by atoms with Gasteiger partial charge in [0.2, 0.25) is 0 Å². The highest BCUT2D eigenvalue weighted by Gasteiger charge is 2.49. The van der Waals surface area contributed by atoms with E-state index in [1.807, 2.05) is 21.7 Å². The molecule has 1 aromatic heterocycles. The summed E-state index contributed by atoms with van der Waals surface area (Å²) in [6.07, 6.45) is -2.68. The molecule has 3 rings (SSSR count). The third-order valence-corrected chi connectivity index (χ3v) is 5.21. The minimum Gasteiger partial charge on any atom is -0.475 e. The third-order valence-electron chi connectivity index (χ3n) is 4.53. The minimum absolute atomic E-state index is 0.214. The molecule has 5 nitrogen and oxygen atoms in total. The van der Waals surface area contributed by atoms with Crippen LogP contribution in [0.25, 0.3) is 0 Å². The average Bonchev–Trinajstić information content (AvgIpc) is 3.16. The van der Waals surface area contributed by atoms with E-state index in [2.05, 4.69) is 11.8 Å². The zero-order valence-corrected chi connectivity index (χ0v) is 14.0. The predicted octanol–water partition coefficient (Wildman–Crippen LogP) is 2.69. The van der Waals surface area contributed by atoms with Gasteiger partial charge in [0.25, 0.3) is 5.91 Å². The summed E-state index contributed by atoms with van der Waals surface area (Å²) in [5.41, 5.74) is 1.18. The summed E-state index contributed by atoms with van der Waals surface area (Å²) in [4.78, 5) is 25.7. The Labute approximate surface area is 141 Å². The van der Waals surface area contributed by atoms with E-state index in [1.165, 1.54) is 13.0 Å². The SMILES string of the molecule is CCN1CCC12CCN(C(=O)c1ccsc1)C2.O=C(O)C(F)(F)F. The van der Waals surface area contributed by atoms with Crippen molar-refractivity contribution in [2.75, 3.05) is 26.2 Å². The first kappa shape index (κ1) is 18.7. The third kappa shape index (κ3) is 3.89. The molecule has 2 saturated heterocycles. The fourth-order valence-electron chi connectivity index (χ4n) is 3.14. The van der Waals surface area contributed by atoms with E-state index >= 15 is 0 Å². The van der Waals surface area contributed by atoms with Gasteiger partial charge in [0.1, 0.15) is 0 Å². The van der Waals surface area contributed by atoms with Gasteiger partial charge in [-0.1, -0.05) is 6.92 Å². The summed E-state index contributed by atoms with van der Waals surface area (Å²) in [5, 5.41) is 11.0. The van der Waals surface area contributed by atoms with Gasteiger partial charge in [-0.15, -0.1) is 0 Å². The van der Waals surface area contributed by atoms with E-state index in [0.29, 0.717) is 5.54 Å². The van der Waals surface area contributed by atoms with Gasteiger partial charge in [-0.25, -0.2) is 4.79 Å². The highest BCUT2D eigenvalue weighted by atomic mass is 32.1. The predicted molar refractivity (Wildman–Crippen MR) is 83.1 cm³/mol. The number of hydrogen-bond acceptors (Lipinski definition) is 4. The number of carboxylic acids is 1. The first-order chi connectivity index (χ1) is 11.2. The number of amides is 1. The zero-order chi connectivity index (χ0) is 18.0. The van der Waals surface area contributed by atoms with E-state index in [1.54, 1.807) is 11.3 Å². The molecular weight excluding hydrogens is 345 g/mol. The van der Waals surface area contributed by atoms with Crippen molar-refractivity contribution in [1.82, 2.24) is 9.80 Å². The topological polar surface area (TPSA) is 60.9 Å². The van der Waals surface area contributed by atoms with Crippen LogP contribution in [0, 0.1) is 0 Å². The Hall–Kier alpha value is -1.61. The number of likely N-dealkylation sites (N-methyl/N-ethyl adjacent to an activating group) is 1. The molecule has 1 unspecified atom stereocenters. The summed E-state index contributed by atoms with van der Waals surface area (Å²) < 4.78 is 31.7. The summed E-state index contributed by atoms with van der Waals surface area (Å²) >= 11 is 1.59. The molecule has 2 aliphatic heterocycles. The van der Waals surface area contributed by atoms with Gasteiger partial charge in [-0.3, -0.25) is 9.69 Å². The Morgan fingerprint density at radius 1 is 1.33 bits per heavy atom. The van der Waals surface area contributed by atoms with Gasteiger partial charge in [-0.05, 0) is 30.8 Å². The van der Waals surface area contributed by atoms with Gasteiger partial charge < -0.3 is 10.0 Å². The van der Waals surface area contributed by atoms with Crippen LogP contribution in [-0.4, -0.2) is 64.7 Å². The number of carboxylic acid groups (broad SMARTS) is 1. The fraction of sp³-hybridized carbons (Fsp3) is 0.600. The highest BCUT2D eigenvalue weighted by Crippen LogP contribution is 2.39. The molecule has 0 aliphatic carbocycles. The van der Waals surface area contributed by atoms with Crippen molar-refractivity contribution in [3.8, 4) is 0 Å². The molecule has 0 radical (unpaired) electrons. The standard InChI is InChI=1S/C13H18N2OS.C2HF3O2/c1-2-15-7-5-13(15)4-6-14(10-13)12(16)11-3-8-17-9-11;3-2(4,5)1(6)7/h3,8-9H,2,4-7,10H2,1H3;(H,6,7). The van der Waals surface area contributed by atoms with Crippen molar-refractivity contribution < 1.29 is 27.9 Å². The van der Waals surface area contributed by atoms with Crippen molar-refractivity contribution in [1.29, 1.82) is 0 Å². The number of carbonyl (C=O) groups is 2. The second kappa shape index (κ2) is 7.10. The number of rotatable bonds is 2. The van der Waals surface area contributed by atoms with Crippen molar-refractivity contribution >= 4 is 23.2 Å². The molecule has 2 fully saturated rings. The van der Waals surface area contributed by atoms with Crippen LogP contribution < -0.4 is 0 Å². The smallest absolute Gasteiger partial charge is 0.475 e. The molecule has 9 heteroatoms. The van der Waals surface area contributed by atoms with Crippen LogP contribution in [0.5, 0.6) is 0 Å². The van der Waals surface area contributed by atoms with Crippen molar-refractivity contribution in [2.24, 2.45) is 0 Å². The lowest BCUT2D eigenvalue weighted by atomic mass is 9.84. The van der Waals surface area contributed by atoms with Crippen LogP contribution in [0.3, 0.4) is 0 Å². The monoisotopic (exact) mass is 364 g/mol. The zero-order valence-electron chi connectivity index (χ0n) is 13.2. The number of alkyl halides is 3. The normalized spacial score (nSPS) is 23.6. The molecule has 24 heavy (non-hydrogen) atoms. The first-order valence-electron chi connectivity index (χ1n) is 7.56. The molecule has 0 bridgehead atoms. The Morgan fingerprint density at radius 3 is 2.38 bits per heavy atom. The van der Waals surface area contributed by atoms with Gasteiger partial charge in [-0.2, -0.15) is 24.5 Å². The molecule has 0 aromatic carbocycles. The Morgan fingerprint density at radius 2 is 1.96 bits per heavy atom. The molecule has 1 N–H and O–H groups in total. The fourth-order valence-corrected chi connectivity index (χ4v) is 3.77. The molecule has 2 aliphatic rings. The van der Waals surface area contributed by atoms with Crippen molar-refractivity contribution in [3.05, 3.63) is 22.4 Å². The number of carbonyl (C=O) groups excluding carboxylic acids is 1. The Balaban J connectivity index is 0.000000256. The summed E-state index contributed by atoms with van der Waals surface area (Å²) in [5.74, 6) is -2.54. The molecule has 0 saturated carbocycles. The molecule has 134 valence electrons. The van der Waals surface area contributed by atoms with Crippen molar-refractivity contribution in [2.45, 2.75) is 31.5 Å². The minimum atomic E-state index is -5.08. The molecule has 1 aromatic rings. The number of thiophene rings is 1. The molecule has 1 atom stereocenters. The van der Waals surface area contributed by atoms with Crippen LogP contribution in [0.15, 0.2) is 16.8 Å². The molecule has 1 amide bonds. The molecule has 1 spiro atoms. The maximum atomic E-state index is 12.2. The van der Waals surface area contributed by atoms with Crippen LogP contribution in [0.2, 0.25) is 0 Å². The van der Waals surface area contributed by atoms with Gasteiger partial charge in [0, 0.05) is 30.6 Å². The van der Waals surface area contributed by atoms with E-state index in [0.717, 1.165) is 31.6 Å². The lowest BCUT2D eigenvalue weighted by Gasteiger charge is -2.50. The van der Waals surface area contributed by atoms with Gasteiger partial charge in [0.15, 0.2) is 0 Å². The van der Waals surface area contributed by atoms with Gasteiger partial charge in [0.05, 0.1) is 5.56 Å². The number of halogens is 3. The summed E-state index contributed by atoms with van der Waals surface area (Å²) in [7, 11) is 0. The van der Waals surface area contributed by atoms with Crippen LogP contribution in [0.4, 0.5) is 13.2 Å². The van der Waals surface area contributed by atoms with Crippen LogP contribution in [0.1, 0.15) is 30.1 Å². The number of likely N-dealkylation sites (tertiary alicyclic amines) is 2. The number of nitrogens with zero attached hydrogens (tertiary/aromatic N) is 2. The largest absolute Gasteiger partial charge is 0.490 e. The van der Waals surface area contributed by atoms with E-state index in [9.17, 15) is 18.0 Å². The molecule has 3 heterocycles. The van der Waals surface area contributed by atoms with Crippen LogP contribution in [-0.2, 0) is 4.79 Å². The maximum Gasteiger partial charge on any atom is 0.490 e. The maximum absolute atomic E-state index is 12.2. The van der Waals surface area contributed by atoms with E-state index in [-0.39, 0.29) is 5.91 Å². The second-order valence-electron chi connectivity index (χ2n) is 5.85. The number of hydrogen-bond donors (Lipinski definition) is 1. The van der Waals surface area contributed by atoms with E-state index < -0.39 is 12.1 Å². The van der Waals surface area contributed by atoms with Crippen LogP contribution >= 0.6 is 11.3 Å². The number of aliphatic carboxylic acids is 1. The molecular formula is C15H19F3N2O3S. The summed E-state index contributed by atoms with van der Waals surface area (Å²) in [6, 6.07) is 1.93. The van der Waals surface area contributed by atoms with E-state index in [4.69, 9.17) is 9.90 Å².